The van der Waals surface area contributed by atoms with Crippen molar-refractivity contribution < 1.29 is 27.0 Å². The first kappa shape index (κ1) is 22.8. The van der Waals surface area contributed by atoms with Gasteiger partial charge in [-0.1, -0.05) is 5.16 Å². The summed E-state index contributed by atoms with van der Waals surface area (Å²) < 4.78 is 54.2. The second kappa shape index (κ2) is 8.52. The number of hydrogen-bond donors (Lipinski definition) is 0. The van der Waals surface area contributed by atoms with Crippen molar-refractivity contribution in [3.8, 4) is 17.1 Å². The third-order valence-electron chi connectivity index (χ3n) is 4.54. The largest absolute Gasteiger partial charge is 0.497 e. The van der Waals surface area contributed by atoms with Crippen LogP contribution in [0.1, 0.15) is 11.6 Å². The summed E-state index contributed by atoms with van der Waals surface area (Å²) in [6.45, 7) is 0. The summed E-state index contributed by atoms with van der Waals surface area (Å²) in [6, 6.07) is 9.56. The molecule has 33 heavy (non-hydrogen) atoms. The molecular weight excluding hydrogens is 480 g/mol. The molecule has 1 aromatic carbocycles. The first-order valence-electron chi connectivity index (χ1n) is 9.33. The van der Waals surface area contributed by atoms with Gasteiger partial charge in [-0.05, 0) is 48.0 Å². The maximum absolute atomic E-state index is 13.1. The third-order valence-corrected chi connectivity index (χ3v) is 6.40. The van der Waals surface area contributed by atoms with Crippen molar-refractivity contribution in [3.05, 3.63) is 60.4 Å². The molecule has 0 spiro atoms. The number of ether oxygens (including phenoxy) is 1. The van der Waals surface area contributed by atoms with Crippen molar-refractivity contribution in [2.75, 3.05) is 13.4 Å². The number of nitrogens with zero attached hydrogens (tertiary/aromatic N) is 5. The van der Waals surface area contributed by atoms with Crippen LogP contribution in [0.4, 0.5) is 8.78 Å². The number of hydrogen-bond acceptors (Lipinski definition) is 7. The van der Waals surface area contributed by atoms with Crippen LogP contribution in [-0.2, 0) is 26.3 Å². The van der Waals surface area contributed by atoms with Crippen LogP contribution in [0.5, 0.6) is 5.75 Å². The van der Waals surface area contributed by atoms with Gasteiger partial charge in [-0.15, -0.1) is 0 Å². The number of carbonyl (C=O) groups is 1. The third kappa shape index (κ3) is 5.01. The van der Waals surface area contributed by atoms with Crippen LogP contribution in [0.2, 0.25) is 0 Å². The number of methoxy groups -OCH3 is 1. The Labute approximate surface area is 191 Å². The fraction of sp³-hybridized carbons (Fsp3) is 0.200. The Hall–Kier alpha value is -3.38. The Morgan fingerprint density at radius 3 is 2.64 bits per heavy atom. The van der Waals surface area contributed by atoms with E-state index < -0.39 is 26.9 Å². The Balaban J connectivity index is 1.55. The Morgan fingerprint density at radius 1 is 1.27 bits per heavy atom. The van der Waals surface area contributed by atoms with E-state index in [4.69, 9.17) is 16.3 Å². The van der Waals surface area contributed by atoms with Gasteiger partial charge in [0.15, 0.2) is 0 Å². The average molecular weight is 496 g/mol. The highest BCUT2D eigenvalue weighted by Crippen LogP contribution is 2.32. The highest BCUT2D eigenvalue weighted by atomic mass is 35.5. The smallest absolute Gasteiger partial charge is 0.400 e. The minimum Gasteiger partial charge on any atom is -0.497 e. The number of rotatable bonds is 6. The molecule has 0 bridgehead atoms. The van der Waals surface area contributed by atoms with E-state index in [2.05, 4.69) is 24.0 Å². The van der Waals surface area contributed by atoms with Gasteiger partial charge in [0.1, 0.15) is 11.4 Å². The number of imidazole rings is 1. The standard InChI is InChI=1S/C20H16ClF2N5O4S/c1-31-14-3-5-15(6-4-14)33(2,30)27-17(29)10-13-11-28-8-7-12(9-16(28)24-13)18-25-19(32-26-18)20(21,22)23/h3-9,11H,10H2,1-2H3. The van der Waals surface area contributed by atoms with Gasteiger partial charge in [0.25, 0.3) is 5.91 Å². The van der Waals surface area contributed by atoms with Gasteiger partial charge in [0, 0.05) is 29.1 Å². The van der Waals surface area contributed by atoms with E-state index in [1.54, 1.807) is 47.1 Å². The normalized spacial score (nSPS) is 13.6. The molecule has 13 heteroatoms. The number of pyridine rings is 1. The van der Waals surface area contributed by atoms with Gasteiger partial charge in [0.05, 0.1) is 29.0 Å². The lowest BCUT2D eigenvalue weighted by molar-refractivity contribution is -0.117. The zero-order chi connectivity index (χ0) is 23.8. The zero-order valence-corrected chi connectivity index (χ0v) is 18.8. The van der Waals surface area contributed by atoms with Crippen molar-refractivity contribution in [1.82, 2.24) is 19.5 Å². The van der Waals surface area contributed by atoms with Gasteiger partial charge in [-0.25, -0.2) is 9.19 Å². The van der Waals surface area contributed by atoms with Crippen molar-refractivity contribution in [2.45, 2.75) is 16.7 Å². The van der Waals surface area contributed by atoms with Crippen LogP contribution in [0.3, 0.4) is 0 Å². The molecule has 0 aliphatic carbocycles. The zero-order valence-electron chi connectivity index (χ0n) is 17.2. The summed E-state index contributed by atoms with van der Waals surface area (Å²) in [6.07, 6.45) is 4.40. The fourth-order valence-corrected chi connectivity index (χ4v) is 4.25. The lowest BCUT2D eigenvalue weighted by Gasteiger charge is -2.05. The van der Waals surface area contributed by atoms with Crippen LogP contribution in [0, 0.1) is 0 Å². The molecule has 0 aliphatic heterocycles. The van der Waals surface area contributed by atoms with E-state index >= 15 is 0 Å². The van der Waals surface area contributed by atoms with Crippen molar-refractivity contribution >= 4 is 32.9 Å². The number of amides is 1. The Bertz CT molecular complexity index is 1450. The summed E-state index contributed by atoms with van der Waals surface area (Å²) in [5.41, 5.74) is 1.15. The minimum absolute atomic E-state index is 0.0892. The highest BCUT2D eigenvalue weighted by molar-refractivity contribution is 7.93. The SMILES string of the molecule is COc1ccc(S(C)(=O)=NC(=O)Cc2cn3ccc(-c4noc(C(F)(F)Cl)n4)cc3n2)cc1. The van der Waals surface area contributed by atoms with Crippen LogP contribution in [-0.4, -0.2) is 43.0 Å². The van der Waals surface area contributed by atoms with Gasteiger partial charge in [-0.2, -0.15) is 18.1 Å². The number of halogens is 3. The van der Waals surface area contributed by atoms with Crippen molar-refractivity contribution in [1.29, 1.82) is 0 Å². The number of fused-ring (bicyclic) bond motifs is 1. The van der Waals surface area contributed by atoms with E-state index in [0.717, 1.165) is 0 Å². The molecule has 4 rings (SSSR count). The summed E-state index contributed by atoms with van der Waals surface area (Å²) in [4.78, 5) is 20.8. The van der Waals surface area contributed by atoms with Crippen molar-refractivity contribution in [2.24, 2.45) is 4.36 Å². The van der Waals surface area contributed by atoms with E-state index in [9.17, 15) is 17.8 Å². The first-order valence-corrected chi connectivity index (χ1v) is 11.6. The highest BCUT2D eigenvalue weighted by Gasteiger charge is 2.35. The van der Waals surface area contributed by atoms with E-state index in [1.807, 2.05) is 0 Å². The van der Waals surface area contributed by atoms with E-state index in [-0.39, 0.29) is 12.2 Å². The van der Waals surface area contributed by atoms with Crippen molar-refractivity contribution in [3.63, 3.8) is 0 Å². The molecule has 0 saturated heterocycles. The molecule has 3 heterocycles. The summed E-state index contributed by atoms with van der Waals surface area (Å²) in [7, 11) is -1.44. The van der Waals surface area contributed by atoms with Crippen LogP contribution >= 0.6 is 11.6 Å². The monoisotopic (exact) mass is 495 g/mol. The molecule has 0 N–H and O–H groups in total. The quantitative estimate of drug-likeness (QED) is 0.373. The predicted octanol–water partition coefficient (Wildman–Crippen LogP) is 3.91. The predicted molar refractivity (Wildman–Crippen MR) is 115 cm³/mol. The number of carbonyl (C=O) groups excluding carboxylic acids is 1. The number of alkyl halides is 3. The Morgan fingerprint density at radius 2 is 2.00 bits per heavy atom. The van der Waals surface area contributed by atoms with E-state index in [0.29, 0.717) is 27.5 Å². The lowest BCUT2D eigenvalue weighted by Crippen LogP contribution is -2.06. The van der Waals surface area contributed by atoms with E-state index in [1.165, 1.54) is 19.4 Å². The van der Waals surface area contributed by atoms with Gasteiger partial charge < -0.3 is 13.7 Å². The summed E-state index contributed by atoms with van der Waals surface area (Å²) in [5, 5.41) is -0.276. The van der Waals surface area contributed by atoms with Gasteiger partial charge in [-0.3, -0.25) is 4.79 Å². The van der Waals surface area contributed by atoms with Crippen LogP contribution in [0.25, 0.3) is 17.0 Å². The molecular formula is C20H16ClF2N5O4S. The van der Waals surface area contributed by atoms with Crippen LogP contribution in [0.15, 0.2) is 62.6 Å². The average Bonchev–Trinajstić information content (AvgIpc) is 3.39. The molecule has 0 saturated carbocycles. The molecule has 1 unspecified atom stereocenters. The lowest BCUT2D eigenvalue weighted by atomic mass is 10.2. The molecule has 0 fully saturated rings. The molecule has 0 aliphatic rings. The topological polar surface area (TPSA) is 112 Å². The minimum atomic E-state index is -3.77. The van der Waals surface area contributed by atoms with Crippen LogP contribution < -0.4 is 4.74 Å². The van der Waals surface area contributed by atoms with Gasteiger partial charge in [0.2, 0.25) is 5.82 Å². The second-order valence-electron chi connectivity index (χ2n) is 6.97. The van der Waals surface area contributed by atoms with Gasteiger partial charge >= 0.3 is 11.3 Å². The number of benzene rings is 1. The molecule has 3 aromatic heterocycles. The maximum Gasteiger partial charge on any atom is 0.400 e. The molecule has 4 aromatic rings. The second-order valence-corrected chi connectivity index (χ2v) is 9.71. The molecule has 172 valence electrons. The molecule has 1 atom stereocenters. The number of aromatic nitrogens is 4. The molecule has 9 nitrogen and oxygen atoms in total. The first-order chi connectivity index (χ1) is 15.5. The maximum atomic E-state index is 13.1. The fourth-order valence-electron chi connectivity index (χ4n) is 2.98. The summed E-state index contributed by atoms with van der Waals surface area (Å²) >= 11 is 4.89. The Kier molecular flexibility index (Phi) is 5.89. The summed E-state index contributed by atoms with van der Waals surface area (Å²) in [5.74, 6) is -1.11. The molecule has 1 amide bonds. The molecule has 0 radical (unpaired) electrons.